The second kappa shape index (κ2) is 13.9. The molecule has 4 fully saturated rings. The zero-order valence-corrected chi connectivity index (χ0v) is 32.1. The molecule has 7 heterocycles. The Kier molecular flexibility index (Phi) is 9.15. The van der Waals surface area contributed by atoms with E-state index >= 15 is 8.78 Å². The van der Waals surface area contributed by atoms with Gasteiger partial charge in [0.1, 0.15) is 17.6 Å². The molecule has 5 amide bonds. The predicted molar refractivity (Wildman–Crippen MR) is 202 cm³/mol. The minimum atomic E-state index is -2.87. The average molecular weight is 817 g/mol. The molecule has 9 rings (SSSR count). The third kappa shape index (κ3) is 6.90. The minimum Gasteiger partial charge on any atom is -0.386 e. The van der Waals surface area contributed by atoms with Gasteiger partial charge in [-0.15, -0.1) is 0 Å². The summed E-state index contributed by atoms with van der Waals surface area (Å²) in [4.78, 5) is 77.3. The number of aromatic nitrogens is 3. The lowest BCUT2D eigenvalue weighted by atomic mass is 9.92. The summed E-state index contributed by atoms with van der Waals surface area (Å²) in [5.74, 6) is -8.59. The molecule has 1 unspecified atom stereocenters. The van der Waals surface area contributed by atoms with E-state index in [1.54, 1.807) is 6.20 Å². The van der Waals surface area contributed by atoms with E-state index in [2.05, 4.69) is 25.5 Å². The number of imidazole rings is 1. The molecule has 3 saturated heterocycles. The summed E-state index contributed by atoms with van der Waals surface area (Å²) in [5.41, 5.74) is -1.20. The van der Waals surface area contributed by atoms with Crippen molar-refractivity contribution in [3.8, 4) is 0 Å². The van der Waals surface area contributed by atoms with Gasteiger partial charge in [-0.2, -0.15) is 0 Å². The molecule has 3 N–H and O–H groups in total. The van der Waals surface area contributed by atoms with Gasteiger partial charge in [0.05, 0.1) is 45.4 Å². The summed E-state index contributed by atoms with van der Waals surface area (Å²) in [6, 6.07) is 5.56. The molecule has 0 radical (unpaired) electrons. The highest BCUT2D eigenvalue weighted by molar-refractivity contribution is 6.23. The third-order valence-corrected chi connectivity index (χ3v) is 12.1. The number of imide groups is 2. The van der Waals surface area contributed by atoms with Crippen LogP contribution in [0.5, 0.6) is 0 Å². The van der Waals surface area contributed by atoms with Crippen LogP contribution in [0.1, 0.15) is 106 Å². The SMILES string of the molecule is CC(C)(O)c1c(NC(=O)c2cccc([C@@H]3CC3(F)F)n2)cn2cc(C3CCN(CC4CN(c5cc6c(cc5F)C(=O)N(C5CCC(=O)NC5=O)C6=O)C4)CC3)nc2c1F. The molecule has 1 saturated carbocycles. The summed E-state index contributed by atoms with van der Waals surface area (Å²) in [6.07, 6.45) is 4.28. The maximum atomic E-state index is 16.2. The number of nitrogens with one attached hydrogen (secondary N) is 2. The molecule has 5 aliphatic rings. The first-order chi connectivity index (χ1) is 28.0. The zero-order chi connectivity index (χ0) is 41.7. The Morgan fingerprint density at radius 2 is 1.68 bits per heavy atom. The summed E-state index contributed by atoms with van der Waals surface area (Å²) in [5, 5.41) is 15.8. The van der Waals surface area contributed by atoms with Crippen LogP contribution in [-0.2, 0) is 15.2 Å². The number of amides is 5. The van der Waals surface area contributed by atoms with Crippen molar-refractivity contribution in [2.75, 3.05) is 42.9 Å². The van der Waals surface area contributed by atoms with E-state index in [0.717, 1.165) is 43.4 Å². The predicted octanol–water partition coefficient (Wildman–Crippen LogP) is 4.33. The van der Waals surface area contributed by atoms with Crippen LogP contribution in [0.4, 0.5) is 28.9 Å². The van der Waals surface area contributed by atoms with Crippen LogP contribution in [0.2, 0.25) is 0 Å². The first-order valence-electron chi connectivity index (χ1n) is 19.6. The van der Waals surface area contributed by atoms with Gasteiger partial charge in [0.15, 0.2) is 11.5 Å². The molecule has 0 bridgehead atoms. The first kappa shape index (κ1) is 38.8. The van der Waals surface area contributed by atoms with Crippen LogP contribution < -0.4 is 15.5 Å². The maximum absolute atomic E-state index is 16.2. The van der Waals surface area contributed by atoms with Crippen LogP contribution in [0.3, 0.4) is 0 Å². The van der Waals surface area contributed by atoms with Gasteiger partial charge in [-0.1, -0.05) is 6.07 Å². The van der Waals surface area contributed by atoms with E-state index in [9.17, 15) is 37.9 Å². The largest absolute Gasteiger partial charge is 0.386 e. The number of pyridine rings is 2. The molecule has 3 aromatic heterocycles. The number of hydrogen-bond donors (Lipinski definition) is 3. The standard InChI is InChI=1S/C41H40F4N8O6/c1-40(2,59)33-29(48-36(55)27-5-3-4-26(46-27)24-14-41(24,44)45)19-52-18-28(47-35(52)34(33)43)21-8-10-50(11-9-21)15-20-16-51(17-20)31-13-23-22(12-25(31)42)38(57)53(39(23)58)30-6-7-32(54)49-37(30)56/h3-5,12-13,18-21,24,30,59H,6-11,14-17H2,1-2H3,(H,48,55)(H,49,54,56)/t24-,30?/m0/s1. The van der Waals surface area contributed by atoms with Crippen molar-refractivity contribution in [1.29, 1.82) is 0 Å². The number of benzene rings is 1. The number of alkyl halides is 2. The summed E-state index contributed by atoms with van der Waals surface area (Å²) < 4.78 is 60.4. The van der Waals surface area contributed by atoms with Crippen molar-refractivity contribution in [3.63, 3.8) is 0 Å². The lowest BCUT2D eigenvalue weighted by Gasteiger charge is -2.44. The molecule has 2 atom stereocenters. The fourth-order valence-corrected chi connectivity index (χ4v) is 8.87. The van der Waals surface area contributed by atoms with Gasteiger partial charge in [-0.05, 0) is 70.5 Å². The van der Waals surface area contributed by atoms with Gasteiger partial charge >= 0.3 is 0 Å². The Hall–Kier alpha value is -5.75. The molecule has 0 spiro atoms. The van der Waals surface area contributed by atoms with Crippen molar-refractivity contribution in [3.05, 3.63) is 88.1 Å². The van der Waals surface area contributed by atoms with Crippen molar-refractivity contribution in [2.24, 2.45) is 5.92 Å². The van der Waals surface area contributed by atoms with Crippen LogP contribution in [-0.4, -0.2) is 103 Å². The van der Waals surface area contributed by atoms with E-state index in [0.29, 0.717) is 18.8 Å². The number of hydrogen-bond acceptors (Lipinski definition) is 10. The lowest BCUT2D eigenvalue weighted by molar-refractivity contribution is -0.136. The highest BCUT2D eigenvalue weighted by Gasteiger charge is 2.58. The topological polar surface area (TPSA) is 170 Å². The molecular formula is C41H40F4N8O6. The van der Waals surface area contributed by atoms with Gasteiger partial charge in [0.25, 0.3) is 23.6 Å². The second-order valence-corrected chi connectivity index (χ2v) is 16.7. The van der Waals surface area contributed by atoms with E-state index in [1.807, 2.05) is 4.90 Å². The zero-order valence-electron chi connectivity index (χ0n) is 32.1. The smallest absolute Gasteiger partial charge is 0.274 e. The highest BCUT2D eigenvalue weighted by atomic mass is 19.3. The quantitative estimate of drug-likeness (QED) is 0.163. The normalized spacial score (nSPS) is 22.5. The number of fused-ring (bicyclic) bond motifs is 2. The molecule has 4 aliphatic heterocycles. The Morgan fingerprint density at radius 1 is 0.983 bits per heavy atom. The molecule has 59 heavy (non-hydrogen) atoms. The second-order valence-electron chi connectivity index (χ2n) is 16.7. The number of nitrogens with zero attached hydrogens (tertiary/aromatic N) is 6. The van der Waals surface area contributed by atoms with Gasteiger partial charge < -0.3 is 24.6 Å². The van der Waals surface area contributed by atoms with Gasteiger partial charge in [0, 0.05) is 62.3 Å². The number of piperidine rings is 2. The van der Waals surface area contributed by atoms with E-state index in [1.165, 1.54) is 48.7 Å². The number of anilines is 2. The Balaban J connectivity index is 0.829. The van der Waals surface area contributed by atoms with Crippen molar-refractivity contribution < 1.29 is 46.6 Å². The van der Waals surface area contributed by atoms with E-state index in [-0.39, 0.29) is 76.2 Å². The highest BCUT2D eigenvalue weighted by Crippen LogP contribution is 2.55. The van der Waals surface area contributed by atoms with Crippen molar-refractivity contribution in [1.82, 2.24) is 29.5 Å². The Morgan fingerprint density at radius 3 is 2.34 bits per heavy atom. The van der Waals surface area contributed by atoms with E-state index < -0.39 is 64.7 Å². The van der Waals surface area contributed by atoms with Crippen LogP contribution >= 0.6 is 0 Å². The minimum absolute atomic E-state index is 0.0000508. The molecule has 1 aliphatic carbocycles. The average Bonchev–Trinajstić information content (AvgIpc) is 3.48. The lowest BCUT2D eigenvalue weighted by Crippen LogP contribution is -2.54. The van der Waals surface area contributed by atoms with Gasteiger partial charge in [-0.25, -0.2) is 27.5 Å². The number of likely N-dealkylation sites (tertiary alicyclic amines) is 1. The molecule has 18 heteroatoms. The molecule has 4 aromatic rings. The van der Waals surface area contributed by atoms with Crippen LogP contribution in [0, 0.1) is 17.6 Å². The third-order valence-electron chi connectivity index (χ3n) is 12.1. The summed E-state index contributed by atoms with van der Waals surface area (Å²) in [7, 11) is 0. The first-order valence-corrected chi connectivity index (χ1v) is 19.6. The van der Waals surface area contributed by atoms with E-state index in [4.69, 9.17) is 0 Å². The number of aliphatic hydroxyl groups is 1. The molecule has 1 aromatic carbocycles. The molecular weight excluding hydrogens is 776 g/mol. The number of carbonyl (C=O) groups is 5. The fourth-order valence-electron chi connectivity index (χ4n) is 8.87. The van der Waals surface area contributed by atoms with Gasteiger partial charge in [0.2, 0.25) is 11.8 Å². The Bertz CT molecular complexity index is 2470. The molecule has 308 valence electrons. The summed E-state index contributed by atoms with van der Waals surface area (Å²) in [6.45, 7) is 6.03. The maximum Gasteiger partial charge on any atom is 0.274 e. The monoisotopic (exact) mass is 816 g/mol. The van der Waals surface area contributed by atoms with Crippen molar-refractivity contribution >= 4 is 46.6 Å². The number of halogens is 4. The van der Waals surface area contributed by atoms with Gasteiger partial charge in [-0.3, -0.25) is 34.2 Å². The molecule has 14 nitrogen and oxygen atoms in total. The summed E-state index contributed by atoms with van der Waals surface area (Å²) >= 11 is 0. The van der Waals surface area contributed by atoms with Crippen molar-refractivity contribution in [2.45, 2.75) is 75.4 Å². The van der Waals surface area contributed by atoms with Crippen LogP contribution in [0.25, 0.3) is 5.65 Å². The van der Waals surface area contributed by atoms with Crippen LogP contribution in [0.15, 0.2) is 42.7 Å². The number of rotatable bonds is 9. The fraction of sp³-hybridized carbons (Fsp3) is 0.439. The Labute approximate surface area is 334 Å². The number of carbonyl (C=O) groups excluding carboxylic acids is 5.